The van der Waals surface area contributed by atoms with Gasteiger partial charge >= 0.3 is 6.01 Å². The van der Waals surface area contributed by atoms with E-state index in [1.807, 2.05) is 72.0 Å². The van der Waals surface area contributed by atoms with E-state index >= 15 is 0 Å². The quantitative estimate of drug-likeness (QED) is 0.0301. The molecular weight excluding hydrogens is 1710 g/mol. The van der Waals surface area contributed by atoms with Gasteiger partial charge in [0.05, 0.1) is 66.0 Å². The molecule has 14 heterocycles. The van der Waals surface area contributed by atoms with Gasteiger partial charge in [0.25, 0.3) is 0 Å². The molecule has 746 valence electrons. The van der Waals surface area contributed by atoms with Crippen LogP contribution in [0.1, 0.15) is 276 Å². The summed E-state index contributed by atoms with van der Waals surface area (Å²) in [6.07, 6.45) is 15.7. The second-order valence-corrected chi connectivity index (χ2v) is 46.0. The normalized spacial score (nSPS) is 18.8. The Kier molecular flexibility index (Phi) is 36.1. The van der Waals surface area contributed by atoms with Gasteiger partial charge in [-0.2, -0.15) is 15.0 Å². The van der Waals surface area contributed by atoms with Crippen LogP contribution in [0.3, 0.4) is 0 Å². The fraction of sp³-hybridized carbons (Fsp3) is 0.667. The van der Waals surface area contributed by atoms with Gasteiger partial charge < -0.3 is 82.2 Å². The predicted molar refractivity (Wildman–Crippen MR) is 547 cm³/mol. The third-order valence-corrected chi connectivity index (χ3v) is 25.8. The van der Waals surface area contributed by atoms with E-state index in [2.05, 4.69) is 305 Å². The molecule has 7 aromatic heterocycles. The number of carbonyl (C=O) groups excluding carboxylic acids is 4. The minimum absolute atomic E-state index is 0.0108. The molecule has 0 aromatic carbocycles. The number of ether oxygens (including phenoxy) is 1. The maximum atomic E-state index is 12.3. The number of carbonyl (C=O) groups is 4. The van der Waals surface area contributed by atoms with Gasteiger partial charge in [0.1, 0.15) is 47.1 Å². The summed E-state index contributed by atoms with van der Waals surface area (Å²) >= 11 is 0. The number of amides is 4. The SMILES string of the molecule is CC(C)(C)c1cc(CC2CC(O)C2)ncn1.CC(C)(C)c1cc(NC2CNC2)nc(N2CCN(C(=O)C3CC3)CC2)n1.CC(C)(C)c1ccnc(NC2CN(C(=O)C3CC3)C2)c1.CC(C)C(=O)N1CC(Nc2cc(C(C)(C)C)ccn2)C1.CCC(=O)N1CC(Nc2cc(C(C)(C)C)ccn2)C1.CCOc1nc(NC2CNC2)cc(C(C)(C)C)n1.CCc1nc(NC2CNC2)cc(C(C)(C)C)n1. The van der Waals surface area contributed by atoms with Crippen LogP contribution in [-0.2, 0) is 69.9 Å². The zero-order chi connectivity index (χ0) is 99.0. The number of likely N-dealkylation sites (tertiary alicyclic amines) is 3. The first-order valence-corrected chi connectivity index (χ1v) is 50.2. The number of aromatic nitrogens is 11. The molecular formula is C105H165N25O6. The Hall–Kier alpha value is -10.1. The van der Waals surface area contributed by atoms with E-state index in [9.17, 15) is 24.3 Å². The molecule has 3 aliphatic carbocycles. The van der Waals surface area contributed by atoms with Gasteiger partial charge in [-0.1, -0.05) is 173 Å². The predicted octanol–water partition coefficient (Wildman–Crippen LogP) is 14.1. The summed E-state index contributed by atoms with van der Waals surface area (Å²) in [5.74, 6) is 9.63. The number of anilines is 7. The standard InChI is InChI=1S/C19H30N6O.C16H23N3O.C16H25N3O.C15H23N3O.C13H22N4O.C13H22N4.C13H20N2O/c1-19(2,3)15-10-16(21-14-11-20-12-14)23-18(22-15)25-8-6-24(7-9-25)17(26)13-4-5-13;1-16(2,3)12-6-7-17-14(8-12)18-13-9-19(10-13)15(20)11-4-5-11;1-11(2)15(20)19-9-13(10-19)18-14-8-12(6-7-17-14)16(3,4)5;1-5-14(19)18-9-12(10-18)17-13-8-11(6-7-16-13)15(2,3)4;1-5-18-12-16-10(13(2,3)4)6-11(17-12)15-9-7-14-8-9;1-5-11-16-10(13(2,3)4)6-12(17-11)15-9-7-14-8-9;1-13(2,3)12-7-10(14-8-15-12)4-9-5-11(16)6-9/h10,13-14,20H,4-9,11-12H2,1-3H3,(H,21,22,23);6-8,11,13H,4-5,9-10H2,1-3H3,(H,17,18);6-8,11,13H,9-10H2,1-5H3,(H,17,18);6-8,12H,5,9-10H2,1-4H3,(H,16,17);6,9,14H,5,7-8H2,1-4H3,(H,15,16,17);6,9,14H,5,7-8H2,1-4H3,(H,15,16,17);7-9,11,16H,4-6H2,1-3H3. The highest BCUT2D eigenvalue weighted by molar-refractivity contribution is 5.82. The van der Waals surface area contributed by atoms with Crippen molar-refractivity contribution in [1.29, 1.82) is 0 Å². The Morgan fingerprint density at radius 1 is 0.419 bits per heavy atom. The first-order valence-electron chi connectivity index (χ1n) is 50.2. The van der Waals surface area contributed by atoms with Crippen LogP contribution in [0, 0.1) is 23.7 Å². The highest BCUT2D eigenvalue weighted by Gasteiger charge is 2.41. The molecule has 10 aliphatic rings. The summed E-state index contributed by atoms with van der Waals surface area (Å²) in [4.78, 5) is 107. The first kappa shape index (κ1) is 106. The van der Waals surface area contributed by atoms with Crippen LogP contribution in [0.15, 0.2) is 85.6 Å². The summed E-state index contributed by atoms with van der Waals surface area (Å²) < 4.78 is 5.44. The number of pyridine rings is 3. The molecule has 10 fully saturated rings. The van der Waals surface area contributed by atoms with E-state index in [1.165, 1.54) is 16.7 Å². The van der Waals surface area contributed by atoms with Gasteiger partial charge in [-0.25, -0.2) is 39.9 Å². The summed E-state index contributed by atoms with van der Waals surface area (Å²) in [7, 11) is 0. The number of hydrogen-bond donors (Lipinski definition) is 10. The average Bonchev–Trinajstić information content (AvgIpc) is 1.69. The Morgan fingerprint density at radius 2 is 0.809 bits per heavy atom. The third-order valence-electron chi connectivity index (χ3n) is 25.8. The lowest BCUT2D eigenvalue weighted by atomic mass is 9.79. The van der Waals surface area contributed by atoms with Gasteiger partial charge in [-0.05, 0) is 133 Å². The molecule has 0 spiro atoms. The summed E-state index contributed by atoms with van der Waals surface area (Å²) in [5, 5.41) is 39.6. The van der Waals surface area contributed by atoms with Crippen molar-refractivity contribution in [2.24, 2.45) is 23.7 Å². The second-order valence-electron chi connectivity index (χ2n) is 46.0. The molecule has 17 rings (SSSR count). The minimum Gasteiger partial charge on any atom is -0.464 e. The molecule has 7 saturated heterocycles. The third kappa shape index (κ3) is 32.2. The smallest absolute Gasteiger partial charge is 0.318 e. The van der Waals surface area contributed by atoms with Crippen molar-refractivity contribution in [3.8, 4) is 6.01 Å². The summed E-state index contributed by atoms with van der Waals surface area (Å²) in [6, 6.07) is 23.6. The van der Waals surface area contributed by atoms with E-state index in [-0.39, 0.29) is 61.7 Å². The molecule has 0 atom stereocenters. The van der Waals surface area contributed by atoms with Crippen molar-refractivity contribution in [2.75, 3.05) is 148 Å². The maximum absolute atomic E-state index is 12.3. The summed E-state index contributed by atoms with van der Waals surface area (Å²) in [5.41, 5.74) is 9.67. The van der Waals surface area contributed by atoms with Crippen LogP contribution in [0.2, 0.25) is 0 Å². The molecule has 4 amide bonds. The number of nitrogens with zero attached hydrogens (tertiary/aromatic N) is 16. The van der Waals surface area contributed by atoms with E-state index in [1.54, 1.807) is 6.33 Å². The number of aliphatic hydroxyl groups is 1. The van der Waals surface area contributed by atoms with Gasteiger partial charge in [0.15, 0.2) is 0 Å². The number of rotatable bonds is 22. The van der Waals surface area contributed by atoms with E-state index < -0.39 is 0 Å². The van der Waals surface area contributed by atoms with Crippen molar-refractivity contribution in [1.82, 2.24) is 90.4 Å². The van der Waals surface area contributed by atoms with Crippen LogP contribution < -0.4 is 57.5 Å². The lowest BCUT2D eigenvalue weighted by molar-refractivity contribution is -0.138. The number of aryl methyl sites for hydroxylation is 1. The highest BCUT2D eigenvalue weighted by atomic mass is 16.5. The number of aliphatic hydroxyl groups excluding tert-OH is 1. The largest absolute Gasteiger partial charge is 0.464 e. The first-order chi connectivity index (χ1) is 63.9. The molecule has 7 aromatic rings. The lowest BCUT2D eigenvalue weighted by Gasteiger charge is -2.40. The average molecular weight is 1870 g/mol. The Morgan fingerprint density at radius 3 is 1.18 bits per heavy atom. The Balaban J connectivity index is 0.000000153. The number of hydrogen-bond acceptors (Lipinski definition) is 27. The molecule has 3 saturated carbocycles. The zero-order valence-corrected chi connectivity index (χ0v) is 87.0. The Bertz CT molecular complexity index is 4940. The molecule has 0 radical (unpaired) electrons. The van der Waals surface area contributed by atoms with Crippen molar-refractivity contribution < 1.29 is 29.0 Å². The molecule has 31 nitrogen and oxygen atoms in total. The topological polar surface area (TPSA) is 364 Å². The van der Waals surface area contributed by atoms with Crippen molar-refractivity contribution in [3.63, 3.8) is 0 Å². The fourth-order valence-electron chi connectivity index (χ4n) is 15.8. The van der Waals surface area contributed by atoms with Gasteiger partial charge in [0.2, 0.25) is 29.6 Å². The van der Waals surface area contributed by atoms with Crippen LogP contribution in [0.25, 0.3) is 0 Å². The van der Waals surface area contributed by atoms with Crippen molar-refractivity contribution in [2.45, 2.75) is 318 Å². The molecule has 0 unspecified atom stereocenters. The number of piperazine rings is 1. The summed E-state index contributed by atoms with van der Waals surface area (Å²) in [6.45, 7) is 70.0. The van der Waals surface area contributed by atoms with E-state index in [4.69, 9.17) is 14.7 Å². The van der Waals surface area contributed by atoms with E-state index in [0.29, 0.717) is 84.9 Å². The highest BCUT2D eigenvalue weighted by Crippen LogP contribution is 2.37. The molecule has 0 bridgehead atoms. The second kappa shape index (κ2) is 46.1. The molecule has 10 N–H and O–H groups in total. The number of nitrogens with one attached hydrogen (secondary N) is 9. The van der Waals surface area contributed by atoms with Crippen molar-refractivity contribution in [3.05, 3.63) is 137 Å². The lowest BCUT2D eigenvalue weighted by Crippen LogP contribution is -2.58. The monoisotopic (exact) mass is 1870 g/mol. The molecule has 136 heavy (non-hydrogen) atoms. The van der Waals surface area contributed by atoms with Crippen LogP contribution in [0.5, 0.6) is 6.01 Å². The Labute approximate surface area is 811 Å². The maximum Gasteiger partial charge on any atom is 0.318 e. The molecule has 31 heteroatoms. The van der Waals surface area contributed by atoms with Gasteiger partial charge in [0, 0.05) is 205 Å². The minimum atomic E-state index is -0.0751. The van der Waals surface area contributed by atoms with Crippen LogP contribution in [0.4, 0.5) is 40.9 Å². The van der Waals surface area contributed by atoms with Crippen molar-refractivity contribution >= 4 is 64.5 Å². The molecule has 7 aliphatic heterocycles. The zero-order valence-electron chi connectivity index (χ0n) is 87.0. The van der Waals surface area contributed by atoms with Gasteiger partial charge in [-0.15, -0.1) is 0 Å². The van der Waals surface area contributed by atoms with E-state index in [0.717, 1.165) is 231 Å². The van der Waals surface area contributed by atoms with Gasteiger partial charge in [-0.3, -0.25) is 19.2 Å². The van der Waals surface area contributed by atoms with Crippen LogP contribution in [-0.4, -0.2) is 257 Å². The fourth-order valence-corrected chi connectivity index (χ4v) is 15.8. The van der Waals surface area contributed by atoms with Crippen LogP contribution >= 0.6 is 0 Å².